The van der Waals surface area contributed by atoms with Crippen LogP contribution in [-0.2, 0) is 20.7 Å². The van der Waals surface area contributed by atoms with Crippen molar-refractivity contribution in [2.45, 2.75) is 50.9 Å². The Bertz CT molecular complexity index is 597. The maximum Gasteiger partial charge on any atom is 0.334 e. The topological polar surface area (TPSA) is 52.0 Å². The van der Waals surface area contributed by atoms with E-state index in [1.807, 2.05) is 13.0 Å². The summed E-state index contributed by atoms with van der Waals surface area (Å²) in [5.74, 6) is 0.695. The van der Waals surface area contributed by atoms with Gasteiger partial charge in [0.15, 0.2) is 0 Å². The number of hydrogen-bond acceptors (Lipinski definition) is 4. The van der Waals surface area contributed by atoms with Crippen molar-refractivity contribution in [1.82, 2.24) is 0 Å². The van der Waals surface area contributed by atoms with Crippen molar-refractivity contribution in [2.75, 3.05) is 0 Å². The Hall–Kier alpha value is -1.55. The molecule has 3 aliphatic rings. The molecule has 2 aliphatic heterocycles. The van der Waals surface area contributed by atoms with Gasteiger partial charge in [0, 0.05) is 17.6 Å². The van der Waals surface area contributed by atoms with E-state index in [0.29, 0.717) is 0 Å². The van der Waals surface area contributed by atoms with E-state index < -0.39 is 0 Å². The van der Waals surface area contributed by atoms with E-state index in [1.165, 1.54) is 0 Å². The fourth-order valence-corrected chi connectivity index (χ4v) is 3.25. The van der Waals surface area contributed by atoms with Crippen LogP contribution in [0.25, 0.3) is 0 Å². The molecule has 4 heteroatoms. The number of epoxide rings is 1. The van der Waals surface area contributed by atoms with E-state index >= 15 is 0 Å². The van der Waals surface area contributed by atoms with Gasteiger partial charge in [0.05, 0.1) is 18.0 Å². The van der Waals surface area contributed by atoms with Gasteiger partial charge in [0.25, 0.3) is 0 Å². The smallest absolute Gasteiger partial charge is 0.334 e. The lowest BCUT2D eigenvalue weighted by Crippen LogP contribution is -2.15. The summed E-state index contributed by atoms with van der Waals surface area (Å²) >= 11 is 0. The van der Waals surface area contributed by atoms with Crippen LogP contribution in [0.5, 0.6) is 0 Å². The summed E-state index contributed by atoms with van der Waals surface area (Å²) in [7, 11) is 0. The standard InChI is InChI=1S/C15H16O4/c1-8-7-17-11-6-15(2)12(19-15)4-3-9-5-10(13(8)11)18-14(9)16/h5,7,10,12H,3-4,6H2,1-2H3/t10-,12-,15+/m1/s1. The predicted octanol–water partition coefficient (Wildman–Crippen LogP) is 2.61. The van der Waals surface area contributed by atoms with Gasteiger partial charge in [0.1, 0.15) is 11.9 Å². The molecule has 0 radical (unpaired) electrons. The number of rotatable bonds is 0. The maximum atomic E-state index is 11.9. The molecule has 1 fully saturated rings. The normalized spacial score (nSPS) is 36.1. The Morgan fingerprint density at radius 3 is 3.11 bits per heavy atom. The summed E-state index contributed by atoms with van der Waals surface area (Å²) in [6.07, 6.45) is 5.98. The Morgan fingerprint density at radius 2 is 2.26 bits per heavy atom. The first-order chi connectivity index (χ1) is 9.07. The highest BCUT2D eigenvalue weighted by molar-refractivity contribution is 5.91. The SMILES string of the molecule is Cc1coc2c1[C@H]1C=C(CC[C@H]3O[C@@]3(C)C2)C(=O)O1. The van der Waals surface area contributed by atoms with Crippen molar-refractivity contribution in [3.63, 3.8) is 0 Å². The third kappa shape index (κ3) is 1.59. The number of ether oxygens (including phenoxy) is 2. The number of carbonyl (C=O) groups is 1. The molecule has 19 heavy (non-hydrogen) atoms. The van der Waals surface area contributed by atoms with E-state index in [0.717, 1.165) is 41.7 Å². The van der Waals surface area contributed by atoms with E-state index in [-0.39, 0.29) is 23.8 Å². The van der Waals surface area contributed by atoms with Gasteiger partial charge >= 0.3 is 5.97 Å². The van der Waals surface area contributed by atoms with E-state index in [1.54, 1.807) is 6.26 Å². The second kappa shape index (κ2) is 3.51. The Morgan fingerprint density at radius 1 is 1.42 bits per heavy atom. The minimum Gasteiger partial charge on any atom is -0.469 e. The van der Waals surface area contributed by atoms with Crippen molar-refractivity contribution >= 4 is 5.97 Å². The second-order valence-corrected chi connectivity index (χ2v) is 5.91. The fraction of sp³-hybridized carbons (Fsp3) is 0.533. The molecule has 3 atom stereocenters. The minimum absolute atomic E-state index is 0.139. The van der Waals surface area contributed by atoms with Gasteiger partial charge in [-0.25, -0.2) is 4.79 Å². The quantitative estimate of drug-likeness (QED) is 0.531. The zero-order chi connectivity index (χ0) is 13.2. The van der Waals surface area contributed by atoms with E-state index in [4.69, 9.17) is 13.9 Å². The van der Waals surface area contributed by atoms with Crippen LogP contribution in [0.4, 0.5) is 0 Å². The van der Waals surface area contributed by atoms with Crippen LogP contribution in [0.15, 0.2) is 22.3 Å². The van der Waals surface area contributed by atoms with Crippen molar-refractivity contribution in [2.24, 2.45) is 0 Å². The molecule has 0 saturated carbocycles. The van der Waals surface area contributed by atoms with Gasteiger partial charge in [-0.3, -0.25) is 0 Å². The molecule has 0 amide bonds. The third-order valence-corrected chi connectivity index (χ3v) is 4.46. The van der Waals surface area contributed by atoms with Crippen LogP contribution in [0, 0.1) is 6.92 Å². The molecule has 0 spiro atoms. The monoisotopic (exact) mass is 260 g/mol. The molecule has 0 unspecified atom stereocenters. The first kappa shape index (κ1) is 11.3. The van der Waals surface area contributed by atoms with E-state index in [9.17, 15) is 4.79 Å². The number of aryl methyl sites for hydroxylation is 1. The molecular formula is C15H16O4. The highest BCUT2D eigenvalue weighted by Crippen LogP contribution is 2.46. The third-order valence-electron chi connectivity index (χ3n) is 4.46. The Balaban J connectivity index is 1.82. The fourth-order valence-electron chi connectivity index (χ4n) is 3.25. The van der Waals surface area contributed by atoms with Crippen LogP contribution >= 0.6 is 0 Å². The first-order valence-corrected chi connectivity index (χ1v) is 6.73. The largest absolute Gasteiger partial charge is 0.469 e. The molecular weight excluding hydrogens is 244 g/mol. The zero-order valence-corrected chi connectivity index (χ0v) is 11.1. The Kier molecular flexibility index (Phi) is 2.09. The molecule has 1 saturated heterocycles. The molecule has 1 aromatic rings. The summed E-state index contributed by atoms with van der Waals surface area (Å²) in [5.41, 5.74) is 2.67. The Labute approximate surface area is 111 Å². The van der Waals surface area contributed by atoms with Gasteiger partial charge in [0.2, 0.25) is 0 Å². The lowest BCUT2D eigenvalue weighted by Gasteiger charge is -2.12. The summed E-state index contributed by atoms with van der Waals surface area (Å²) < 4.78 is 16.9. The van der Waals surface area contributed by atoms with Crippen LogP contribution in [-0.4, -0.2) is 17.7 Å². The lowest BCUT2D eigenvalue weighted by atomic mass is 9.92. The number of furan rings is 1. The molecule has 0 aromatic carbocycles. The highest BCUT2D eigenvalue weighted by Gasteiger charge is 2.53. The minimum atomic E-state index is -0.282. The summed E-state index contributed by atoms with van der Waals surface area (Å²) in [5, 5.41) is 0. The van der Waals surface area contributed by atoms with Gasteiger partial charge in [-0.05, 0) is 38.3 Å². The number of carbonyl (C=O) groups excluding carboxylic acids is 1. The second-order valence-electron chi connectivity index (χ2n) is 5.91. The van der Waals surface area contributed by atoms with Crippen molar-refractivity contribution in [1.29, 1.82) is 0 Å². The van der Waals surface area contributed by atoms with Gasteiger partial charge in [-0.15, -0.1) is 0 Å². The highest BCUT2D eigenvalue weighted by atomic mass is 16.6. The lowest BCUT2D eigenvalue weighted by molar-refractivity contribution is -0.140. The molecule has 0 N–H and O–H groups in total. The zero-order valence-electron chi connectivity index (χ0n) is 11.1. The van der Waals surface area contributed by atoms with Crippen LogP contribution in [0.3, 0.4) is 0 Å². The van der Waals surface area contributed by atoms with Crippen LogP contribution in [0.2, 0.25) is 0 Å². The molecule has 1 aromatic heterocycles. The first-order valence-electron chi connectivity index (χ1n) is 6.73. The number of fused-ring (bicyclic) bond motifs is 4. The average Bonchev–Trinajstić information content (AvgIpc) is 2.65. The average molecular weight is 260 g/mol. The van der Waals surface area contributed by atoms with Gasteiger partial charge < -0.3 is 13.9 Å². The number of hydrogen-bond donors (Lipinski definition) is 0. The van der Waals surface area contributed by atoms with E-state index in [2.05, 4.69) is 6.92 Å². The molecule has 4 nitrogen and oxygen atoms in total. The van der Waals surface area contributed by atoms with Crippen molar-refractivity contribution in [3.05, 3.63) is 34.8 Å². The molecule has 1 aliphatic carbocycles. The van der Waals surface area contributed by atoms with Crippen molar-refractivity contribution < 1.29 is 18.7 Å². The summed E-state index contributed by atoms with van der Waals surface area (Å²) in [4.78, 5) is 11.9. The summed E-state index contributed by atoms with van der Waals surface area (Å²) in [6.45, 7) is 4.10. The van der Waals surface area contributed by atoms with Gasteiger partial charge in [-0.2, -0.15) is 0 Å². The van der Waals surface area contributed by atoms with Crippen LogP contribution in [0.1, 0.15) is 42.8 Å². The van der Waals surface area contributed by atoms with Crippen molar-refractivity contribution in [3.8, 4) is 0 Å². The molecule has 4 rings (SSSR count). The number of esters is 1. The van der Waals surface area contributed by atoms with Crippen LogP contribution < -0.4 is 0 Å². The maximum absolute atomic E-state index is 11.9. The summed E-state index contributed by atoms with van der Waals surface area (Å²) in [6, 6.07) is 0. The van der Waals surface area contributed by atoms with Gasteiger partial charge in [-0.1, -0.05) is 0 Å². The predicted molar refractivity (Wildman–Crippen MR) is 66.6 cm³/mol. The molecule has 3 heterocycles. The molecule has 2 bridgehead atoms. The molecule has 100 valence electrons.